The summed E-state index contributed by atoms with van der Waals surface area (Å²) < 4.78 is 10.1. The van der Waals surface area contributed by atoms with Gasteiger partial charge in [0.15, 0.2) is 5.78 Å². The number of esters is 2. The van der Waals surface area contributed by atoms with Crippen LogP contribution in [-0.2, 0) is 23.9 Å². The average Bonchev–Trinajstić information content (AvgIpc) is 2.66. The highest BCUT2D eigenvalue weighted by Crippen LogP contribution is 2.47. The van der Waals surface area contributed by atoms with E-state index in [4.69, 9.17) is 32.7 Å². The van der Waals surface area contributed by atoms with E-state index in [1.807, 2.05) is 6.92 Å². The Bertz CT molecular complexity index is 982. The van der Waals surface area contributed by atoms with Gasteiger partial charge in [-0.25, -0.2) is 4.79 Å². The van der Waals surface area contributed by atoms with Crippen LogP contribution in [0, 0.1) is 11.8 Å². The standard InChI is InChI=1S/C22H23Cl2NO5/c1-5-30-22(28)17-11(3)25-15-8-10(2)16(21(27)29-4)20(26)19(15)18(17)13-7-6-12(23)9-14(13)24/h6-7,9-10,16,18,25H,5,8H2,1-4H3/t10-,16-,18+/m1/s1. The Morgan fingerprint density at radius 2 is 1.97 bits per heavy atom. The van der Waals surface area contributed by atoms with E-state index in [0.717, 1.165) is 0 Å². The van der Waals surface area contributed by atoms with Gasteiger partial charge >= 0.3 is 11.9 Å². The van der Waals surface area contributed by atoms with Gasteiger partial charge < -0.3 is 14.8 Å². The van der Waals surface area contributed by atoms with E-state index in [1.54, 1.807) is 32.0 Å². The van der Waals surface area contributed by atoms with Crippen molar-refractivity contribution in [2.45, 2.75) is 33.1 Å². The molecular formula is C22H23Cl2NO5. The number of Topliss-reactive ketones (excluding diaryl/α,β-unsaturated/α-hetero) is 1. The number of ketones is 1. The molecule has 0 saturated heterocycles. The molecule has 30 heavy (non-hydrogen) atoms. The molecule has 0 spiro atoms. The van der Waals surface area contributed by atoms with Gasteiger partial charge in [-0.15, -0.1) is 0 Å². The van der Waals surface area contributed by atoms with E-state index in [2.05, 4.69) is 5.32 Å². The number of rotatable bonds is 4. The van der Waals surface area contributed by atoms with E-state index in [1.165, 1.54) is 7.11 Å². The zero-order valence-corrected chi connectivity index (χ0v) is 18.7. The molecule has 0 fully saturated rings. The summed E-state index contributed by atoms with van der Waals surface area (Å²) in [7, 11) is 1.26. The fourth-order valence-corrected chi connectivity index (χ4v) is 4.72. The van der Waals surface area contributed by atoms with E-state index >= 15 is 0 Å². The van der Waals surface area contributed by atoms with Crippen molar-refractivity contribution in [1.29, 1.82) is 0 Å². The Morgan fingerprint density at radius 3 is 2.57 bits per heavy atom. The minimum atomic E-state index is -0.953. The first-order chi connectivity index (χ1) is 14.2. The highest BCUT2D eigenvalue weighted by atomic mass is 35.5. The van der Waals surface area contributed by atoms with E-state index < -0.39 is 23.8 Å². The van der Waals surface area contributed by atoms with Gasteiger partial charge in [-0.1, -0.05) is 36.2 Å². The Morgan fingerprint density at radius 1 is 1.27 bits per heavy atom. The molecule has 8 heteroatoms. The van der Waals surface area contributed by atoms with Gasteiger partial charge in [0.25, 0.3) is 0 Å². The van der Waals surface area contributed by atoms with Gasteiger partial charge in [-0.3, -0.25) is 9.59 Å². The van der Waals surface area contributed by atoms with Gasteiger partial charge in [-0.05, 0) is 43.9 Å². The SMILES string of the molecule is CCOC(=O)C1=C(C)NC2=C(C(=O)[C@H](C(=O)OC)[C@H](C)C2)[C@H]1c1ccc(Cl)cc1Cl. The van der Waals surface area contributed by atoms with Crippen molar-refractivity contribution in [3.8, 4) is 0 Å². The number of halogens is 2. The molecule has 6 nitrogen and oxygen atoms in total. The van der Waals surface area contributed by atoms with Crippen LogP contribution in [0.4, 0.5) is 0 Å². The van der Waals surface area contributed by atoms with Crippen LogP contribution in [0.25, 0.3) is 0 Å². The number of carbonyl (C=O) groups is 3. The summed E-state index contributed by atoms with van der Waals surface area (Å²) in [5, 5.41) is 3.94. The van der Waals surface area contributed by atoms with Crippen LogP contribution < -0.4 is 5.32 Å². The Labute approximate surface area is 185 Å². The van der Waals surface area contributed by atoms with E-state index in [0.29, 0.717) is 39.0 Å². The number of nitrogens with one attached hydrogen (secondary N) is 1. The molecule has 1 aliphatic heterocycles. The lowest BCUT2D eigenvalue weighted by molar-refractivity contribution is -0.151. The molecule has 1 N–H and O–H groups in total. The number of methoxy groups -OCH3 is 1. The molecule has 1 heterocycles. The van der Waals surface area contributed by atoms with Crippen molar-refractivity contribution in [3.05, 3.63) is 56.3 Å². The highest BCUT2D eigenvalue weighted by molar-refractivity contribution is 6.35. The number of ether oxygens (including phenoxy) is 2. The number of dihydropyridines is 1. The normalized spacial score (nSPS) is 23.7. The summed E-state index contributed by atoms with van der Waals surface area (Å²) in [6.07, 6.45) is 0.454. The lowest BCUT2D eigenvalue weighted by atomic mass is 9.69. The number of hydrogen-bond donors (Lipinski definition) is 1. The van der Waals surface area contributed by atoms with Crippen LogP contribution in [-0.4, -0.2) is 31.4 Å². The van der Waals surface area contributed by atoms with Crippen molar-refractivity contribution in [2.24, 2.45) is 11.8 Å². The molecule has 0 amide bonds. The molecule has 3 rings (SSSR count). The lowest BCUT2D eigenvalue weighted by Crippen LogP contribution is -2.43. The van der Waals surface area contributed by atoms with Gasteiger partial charge in [0.05, 0.1) is 19.3 Å². The zero-order chi connectivity index (χ0) is 22.2. The summed E-state index contributed by atoms with van der Waals surface area (Å²) in [6.45, 7) is 5.47. The fraction of sp³-hybridized carbons (Fsp3) is 0.409. The van der Waals surface area contributed by atoms with E-state index in [9.17, 15) is 14.4 Å². The lowest BCUT2D eigenvalue weighted by Gasteiger charge is -2.38. The van der Waals surface area contributed by atoms with E-state index in [-0.39, 0.29) is 23.9 Å². The Hall–Kier alpha value is -2.31. The van der Waals surface area contributed by atoms with Crippen molar-refractivity contribution in [2.75, 3.05) is 13.7 Å². The zero-order valence-electron chi connectivity index (χ0n) is 17.2. The predicted octanol–water partition coefficient (Wildman–Crippen LogP) is 4.17. The topological polar surface area (TPSA) is 81.7 Å². The van der Waals surface area contributed by atoms with Crippen LogP contribution in [0.5, 0.6) is 0 Å². The minimum absolute atomic E-state index is 0.179. The second kappa shape index (κ2) is 8.82. The molecule has 160 valence electrons. The number of benzene rings is 1. The maximum absolute atomic E-state index is 13.5. The molecule has 1 aliphatic carbocycles. The second-order valence-electron chi connectivity index (χ2n) is 7.42. The number of carbonyl (C=O) groups excluding carboxylic acids is 3. The van der Waals surface area contributed by atoms with Gasteiger partial charge in [-0.2, -0.15) is 0 Å². The minimum Gasteiger partial charge on any atom is -0.468 e. The molecule has 1 aromatic carbocycles. The second-order valence-corrected chi connectivity index (χ2v) is 8.27. The molecule has 1 aromatic rings. The number of hydrogen-bond acceptors (Lipinski definition) is 6. The summed E-state index contributed by atoms with van der Waals surface area (Å²) >= 11 is 12.5. The summed E-state index contributed by atoms with van der Waals surface area (Å²) in [6, 6.07) is 4.90. The summed E-state index contributed by atoms with van der Waals surface area (Å²) in [5.41, 5.74) is 2.42. The fourth-order valence-electron chi connectivity index (χ4n) is 4.21. The van der Waals surface area contributed by atoms with Crippen LogP contribution in [0.1, 0.15) is 38.7 Å². The van der Waals surface area contributed by atoms with Crippen LogP contribution in [0.2, 0.25) is 10.0 Å². The Kier molecular flexibility index (Phi) is 6.58. The van der Waals surface area contributed by atoms with Gasteiger partial charge in [0.1, 0.15) is 5.92 Å². The maximum atomic E-state index is 13.5. The van der Waals surface area contributed by atoms with Gasteiger partial charge in [0.2, 0.25) is 0 Å². The third-order valence-electron chi connectivity index (χ3n) is 5.51. The van der Waals surface area contributed by atoms with Crippen LogP contribution >= 0.6 is 23.2 Å². The Balaban J connectivity index is 2.23. The number of allylic oxidation sites excluding steroid dienone is 3. The third-order valence-corrected chi connectivity index (χ3v) is 6.07. The molecule has 0 radical (unpaired) electrons. The monoisotopic (exact) mass is 451 g/mol. The average molecular weight is 452 g/mol. The first-order valence-corrected chi connectivity index (χ1v) is 10.4. The van der Waals surface area contributed by atoms with Crippen molar-refractivity contribution < 1.29 is 23.9 Å². The predicted molar refractivity (Wildman–Crippen MR) is 113 cm³/mol. The highest BCUT2D eigenvalue weighted by Gasteiger charge is 2.47. The quantitative estimate of drug-likeness (QED) is 0.546. The smallest absolute Gasteiger partial charge is 0.336 e. The summed E-state index contributed by atoms with van der Waals surface area (Å²) in [4.78, 5) is 38.8. The molecule has 0 unspecified atom stereocenters. The van der Waals surface area contributed by atoms with Crippen molar-refractivity contribution >= 4 is 40.9 Å². The van der Waals surface area contributed by atoms with Crippen molar-refractivity contribution in [3.63, 3.8) is 0 Å². The molecule has 0 saturated carbocycles. The molecule has 2 aliphatic rings. The first kappa shape index (κ1) is 22.4. The maximum Gasteiger partial charge on any atom is 0.336 e. The summed E-state index contributed by atoms with van der Waals surface area (Å²) in [5.74, 6) is -3.51. The molecule has 0 bridgehead atoms. The molecule has 3 atom stereocenters. The third kappa shape index (κ3) is 3.86. The first-order valence-electron chi connectivity index (χ1n) is 9.66. The van der Waals surface area contributed by atoms with Gasteiger partial charge in [0, 0.05) is 32.9 Å². The largest absolute Gasteiger partial charge is 0.468 e. The molecular weight excluding hydrogens is 429 g/mol. The molecule has 0 aromatic heterocycles. The van der Waals surface area contributed by atoms with Crippen LogP contribution in [0.3, 0.4) is 0 Å². The van der Waals surface area contributed by atoms with Crippen LogP contribution in [0.15, 0.2) is 40.7 Å². The van der Waals surface area contributed by atoms with Crippen molar-refractivity contribution in [1.82, 2.24) is 5.32 Å².